The van der Waals surface area contributed by atoms with Gasteiger partial charge in [-0.05, 0) is 43.7 Å². The summed E-state index contributed by atoms with van der Waals surface area (Å²) in [6.07, 6.45) is 0. The number of hydrogen-bond acceptors (Lipinski definition) is 4. The lowest BCUT2D eigenvalue weighted by Crippen LogP contribution is -2.42. The van der Waals surface area contributed by atoms with Crippen molar-refractivity contribution < 1.29 is 14.6 Å². The number of hydrogen-bond donors (Lipinski definition) is 2. The Morgan fingerprint density at radius 1 is 1.08 bits per heavy atom. The van der Waals surface area contributed by atoms with Crippen molar-refractivity contribution in [1.82, 2.24) is 5.32 Å². The Labute approximate surface area is 158 Å². The zero-order valence-electron chi connectivity index (χ0n) is 14.6. The van der Waals surface area contributed by atoms with Crippen LogP contribution in [0.3, 0.4) is 0 Å². The van der Waals surface area contributed by atoms with Crippen LogP contribution in [0.15, 0.2) is 36.4 Å². The third kappa shape index (κ3) is 5.79. The van der Waals surface area contributed by atoms with Crippen LogP contribution in [0.2, 0.25) is 10.0 Å². The highest BCUT2D eigenvalue weighted by Gasteiger charge is 2.15. The van der Waals surface area contributed by atoms with Gasteiger partial charge < -0.3 is 19.9 Å². The van der Waals surface area contributed by atoms with Crippen molar-refractivity contribution in [2.75, 3.05) is 13.7 Å². The number of aliphatic hydroxyl groups is 1. The van der Waals surface area contributed by atoms with Gasteiger partial charge in [0.25, 0.3) is 0 Å². The minimum Gasteiger partial charge on any atom is -0.493 e. The fraction of sp³-hybridized carbons (Fsp3) is 0.368. The maximum atomic E-state index is 9.31. The van der Waals surface area contributed by atoms with E-state index in [2.05, 4.69) is 5.32 Å². The Hall–Kier alpha value is -1.46. The van der Waals surface area contributed by atoms with Crippen LogP contribution in [0.5, 0.6) is 11.5 Å². The van der Waals surface area contributed by atoms with E-state index in [9.17, 15) is 5.11 Å². The molecule has 0 atom stereocenters. The molecule has 0 aromatic heterocycles. The second-order valence-corrected chi connectivity index (χ2v) is 7.25. The highest BCUT2D eigenvalue weighted by Crippen LogP contribution is 2.30. The van der Waals surface area contributed by atoms with Gasteiger partial charge in [-0.2, -0.15) is 0 Å². The summed E-state index contributed by atoms with van der Waals surface area (Å²) in [5.74, 6) is 1.28. The van der Waals surface area contributed by atoms with E-state index in [1.807, 2.05) is 38.1 Å². The third-order valence-electron chi connectivity index (χ3n) is 3.79. The number of aliphatic hydroxyl groups excluding tert-OH is 1. The first kappa shape index (κ1) is 19.9. The second-order valence-electron chi connectivity index (χ2n) is 6.41. The Kier molecular flexibility index (Phi) is 6.96. The molecule has 0 spiro atoms. The normalized spacial score (nSPS) is 11.4. The summed E-state index contributed by atoms with van der Waals surface area (Å²) >= 11 is 12.1. The first-order valence-corrected chi connectivity index (χ1v) is 8.70. The third-order valence-corrected chi connectivity index (χ3v) is 4.38. The summed E-state index contributed by atoms with van der Waals surface area (Å²) in [6, 6.07) is 11.1. The van der Waals surface area contributed by atoms with Gasteiger partial charge in [0.2, 0.25) is 0 Å². The number of halogens is 2. The Morgan fingerprint density at radius 2 is 1.84 bits per heavy atom. The minimum absolute atomic E-state index is 0.0627. The second kappa shape index (κ2) is 8.77. The Balaban J connectivity index is 2.06. The van der Waals surface area contributed by atoms with Gasteiger partial charge in [-0.15, -0.1) is 0 Å². The molecule has 2 N–H and O–H groups in total. The van der Waals surface area contributed by atoms with Crippen LogP contribution in [0.4, 0.5) is 0 Å². The number of nitrogens with one attached hydrogen (secondary N) is 1. The molecule has 0 bridgehead atoms. The summed E-state index contributed by atoms with van der Waals surface area (Å²) in [7, 11) is 1.60. The van der Waals surface area contributed by atoms with Crippen molar-refractivity contribution in [2.24, 2.45) is 0 Å². The highest BCUT2D eigenvalue weighted by molar-refractivity contribution is 6.35. The van der Waals surface area contributed by atoms with E-state index in [4.69, 9.17) is 32.7 Å². The van der Waals surface area contributed by atoms with Crippen molar-refractivity contribution in [2.45, 2.75) is 32.5 Å². The van der Waals surface area contributed by atoms with Gasteiger partial charge in [0.05, 0.1) is 13.7 Å². The van der Waals surface area contributed by atoms with E-state index >= 15 is 0 Å². The number of rotatable bonds is 8. The highest BCUT2D eigenvalue weighted by atomic mass is 35.5. The summed E-state index contributed by atoms with van der Waals surface area (Å²) < 4.78 is 11.3. The van der Waals surface area contributed by atoms with E-state index in [-0.39, 0.29) is 12.1 Å². The molecule has 0 unspecified atom stereocenters. The van der Waals surface area contributed by atoms with Gasteiger partial charge in [-0.1, -0.05) is 35.3 Å². The molecule has 4 nitrogen and oxygen atoms in total. The molecule has 136 valence electrons. The predicted molar refractivity (Wildman–Crippen MR) is 102 cm³/mol. The summed E-state index contributed by atoms with van der Waals surface area (Å²) in [4.78, 5) is 0. The topological polar surface area (TPSA) is 50.7 Å². The molecule has 0 fully saturated rings. The lowest BCUT2D eigenvalue weighted by molar-refractivity contribution is 0.187. The minimum atomic E-state index is -0.340. The van der Waals surface area contributed by atoms with Gasteiger partial charge >= 0.3 is 0 Å². The maximum Gasteiger partial charge on any atom is 0.161 e. The molecule has 0 aliphatic carbocycles. The molecular formula is C19H23Cl2NO3. The molecular weight excluding hydrogens is 361 g/mol. The van der Waals surface area contributed by atoms with Crippen molar-refractivity contribution in [3.8, 4) is 11.5 Å². The largest absolute Gasteiger partial charge is 0.493 e. The zero-order valence-corrected chi connectivity index (χ0v) is 16.1. The number of ether oxygens (including phenoxy) is 2. The first-order chi connectivity index (χ1) is 11.8. The van der Waals surface area contributed by atoms with E-state index in [0.717, 1.165) is 11.1 Å². The Morgan fingerprint density at radius 3 is 2.48 bits per heavy atom. The van der Waals surface area contributed by atoms with Gasteiger partial charge in [-0.3, -0.25) is 0 Å². The summed E-state index contributed by atoms with van der Waals surface area (Å²) in [5, 5.41) is 13.8. The molecule has 0 aliphatic rings. The molecule has 0 aliphatic heterocycles. The van der Waals surface area contributed by atoms with E-state index in [1.54, 1.807) is 19.2 Å². The molecule has 6 heteroatoms. The van der Waals surface area contributed by atoms with Gasteiger partial charge in [0.15, 0.2) is 11.5 Å². The predicted octanol–water partition coefficient (Wildman–Crippen LogP) is 4.44. The van der Waals surface area contributed by atoms with Crippen LogP contribution in [0, 0.1) is 0 Å². The van der Waals surface area contributed by atoms with E-state index < -0.39 is 0 Å². The molecule has 2 aromatic rings. The van der Waals surface area contributed by atoms with Crippen LogP contribution in [-0.2, 0) is 13.2 Å². The molecule has 2 aromatic carbocycles. The number of benzene rings is 2. The van der Waals surface area contributed by atoms with Crippen LogP contribution >= 0.6 is 23.2 Å². The quantitative estimate of drug-likeness (QED) is 0.707. The zero-order chi connectivity index (χ0) is 18.4. The van der Waals surface area contributed by atoms with Crippen molar-refractivity contribution in [1.29, 1.82) is 0 Å². The average Bonchev–Trinajstić information content (AvgIpc) is 2.59. The molecule has 0 saturated heterocycles. The van der Waals surface area contributed by atoms with Crippen molar-refractivity contribution >= 4 is 23.2 Å². The lowest BCUT2D eigenvalue weighted by Gasteiger charge is -2.23. The molecule has 0 saturated carbocycles. The number of methoxy groups -OCH3 is 1. The molecule has 2 rings (SSSR count). The SMILES string of the molecule is COc1cc(CNC(C)(C)CO)ccc1OCc1ccc(Cl)cc1Cl. The smallest absolute Gasteiger partial charge is 0.161 e. The molecule has 0 heterocycles. The van der Waals surface area contributed by atoms with Crippen molar-refractivity contribution in [3.63, 3.8) is 0 Å². The van der Waals surface area contributed by atoms with Crippen LogP contribution in [0.25, 0.3) is 0 Å². The monoisotopic (exact) mass is 383 g/mol. The van der Waals surface area contributed by atoms with Gasteiger partial charge in [-0.25, -0.2) is 0 Å². The first-order valence-electron chi connectivity index (χ1n) is 7.94. The van der Waals surface area contributed by atoms with E-state index in [0.29, 0.717) is 34.7 Å². The summed E-state index contributed by atoms with van der Waals surface area (Å²) in [6.45, 7) is 4.89. The average molecular weight is 384 g/mol. The van der Waals surface area contributed by atoms with Crippen molar-refractivity contribution in [3.05, 3.63) is 57.6 Å². The Bertz CT molecular complexity index is 720. The van der Waals surface area contributed by atoms with Crippen LogP contribution in [-0.4, -0.2) is 24.4 Å². The lowest BCUT2D eigenvalue weighted by atomic mass is 10.1. The summed E-state index contributed by atoms with van der Waals surface area (Å²) in [5.41, 5.74) is 1.55. The maximum absolute atomic E-state index is 9.31. The van der Waals surface area contributed by atoms with Gasteiger partial charge in [0.1, 0.15) is 6.61 Å². The van der Waals surface area contributed by atoms with Crippen LogP contribution in [0.1, 0.15) is 25.0 Å². The standard InChI is InChI=1S/C19H23Cl2NO3/c1-19(2,12-23)22-10-13-4-7-17(18(8-13)24-3)25-11-14-5-6-15(20)9-16(14)21/h4-9,22-23H,10-12H2,1-3H3. The fourth-order valence-corrected chi connectivity index (χ4v) is 2.60. The molecule has 0 radical (unpaired) electrons. The fourth-order valence-electron chi connectivity index (χ4n) is 2.13. The molecule has 0 amide bonds. The van der Waals surface area contributed by atoms with Crippen LogP contribution < -0.4 is 14.8 Å². The van der Waals surface area contributed by atoms with Gasteiger partial charge in [0, 0.05) is 27.7 Å². The molecule has 25 heavy (non-hydrogen) atoms. The van der Waals surface area contributed by atoms with E-state index in [1.165, 1.54) is 0 Å².